The Morgan fingerprint density at radius 2 is 1.72 bits per heavy atom. The van der Waals surface area contributed by atoms with Crippen molar-refractivity contribution in [1.82, 2.24) is 5.43 Å². The van der Waals surface area contributed by atoms with Crippen molar-refractivity contribution in [2.75, 3.05) is 0 Å². The summed E-state index contributed by atoms with van der Waals surface area (Å²) in [7, 11) is 0. The van der Waals surface area contributed by atoms with Crippen LogP contribution >= 0.6 is 23.2 Å². The van der Waals surface area contributed by atoms with Gasteiger partial charge in [-0.25, -0.2) is 5.84 Å². The van der Waals surface area contributed by atoms with Crippen LogP contribution in [-0.2, 0) is 0 Å². The summed E-state index contributed by atoms with van der Waals surface area (Å²) in [4.78, 5) is 4.67. The van der Waals surface area contributed by atoms with E-state index in [1.54, 1.807) is 6.07 Å². The van der Waals surface area contributed by atoms with Crippen molar-refractivity contribution in [3.8, 4) is 0 Å². The Labute approximate surface area is 117 Å². The molecule has 5 heteroatoms. The van der Waals surface area contributed by atoms with Gasteiger partial charge in [-0.3, -0.25) is 4.99 Å². The lowest BCUT2D eigenvalue weighted by Gasteiger charge is -2.19. The molecule has 0 amide bonds. The van der Waals surface area contributed by atoms with E-state index in [4.69, 9.17) is 29.0 Å². The smallest absolute Gasteiger partial charge is 0.142 e. The van der Waals surface area contributed by atoms with Gasteiger partial charge in [0.05, 0.1) is 6.04 Å². The molecule has 1 saturated carbocycles. The standard InChI is InChI=1S/C13H17Cl2N3/c14-10-6-9(7-11(15)8-10)13(18-16)17-12-4-2-1-3-5-12/h6-8,12H,1-5,16H2,(H,17,18). The highest BCUT2D eigenvalue weighted by molar-refractivity contribution is 6.35. The average molecular weight is 286 g/mol. The second kappa shape index (κ2) is 6.41. The fraction of sp³-hybridized carbons (Fsp3) is 0.462. The van der Waals surface area contributed by atoms with E-state index in [-0.39, 0.29) is 0 Å². The van der Waals surface area contributed by atoms with Crippen molar-refractivity contribution in [1.29, 1.82) is 0 Å². The predicted octanol–water partition coefficient (Wildman–Crippen LogP) is 3.54. The third-order valence-corrected chi connectivity index (χ3v) is 3.60. The van der Waals surface area contributed by atoms with Gasteiger partial charge in [0, 0.05) is 15.6 Å². The van der Waals surface area contributed by atoms with E-state index in [0.717, 1.165) is 18.4 Å². The summed E-state index contributed by atoms with van der Waals surface area (Å²) in [6.45, 7) is 0. The van der Waals surface area contributed by atoms with Crippen LogP contribution in [0.1, 0.15) is 37.7 Å². The predicted molar refractivity (Wildman–Crippen MR) is 77.2 cm³/mol. The first-order valence-corrected chi connectivity index (χ1v) is 6.95. The Morgan fingerprint density at radius 1 is 1.11 bits per heavy atom. The summed E-state index contributed by atoms with van der Waals surface area (Å²) >= 11 is 12.0. The molecular weight excluding hydrogens is 269 g/mol. The van der Waals surface area contributed by atoms with Crippen molar-refractivity contribution in [3.05, 3.63) is 33.8 Å². The minimum Gasteiger partial charge on any atom is -0.308 e. The molecule has 0 saturated heterocycles. The summed E-state index contributed by atoms with van der Waals surface area (Å²) in [5, 5.41) is 1.17. The van der Waals surface area contributed by atoms with Gasteiger partial charge >= 0.3 is 0 Å². The summed E-state index contributed by atoms with van der Waals surface area (Å²) < 4.78 is 0. The molecule has 98 valence electrons. The first-order valence-electron chi connectivity index (χ1n) is 6.20. The fourth-order valence-electron chi connectivity index (χ4n) is 2.28. The van der Waals surface area contributed by atoms with Gasteiger partial charge in [0.2, 0.25) is 0 Å². The molecule has 3 N–H and O–H groups in total. The average Bonchev–Trinajstić information content (AvgIpc) is 2.36. The molecule has 2 rings (SSSR count). The van der Waals surface area contributed by atoms with Crippen LogP contribution < -0.4 is 11.3 Å². The maximum absolute atomic E-state index is 5.99. The molecule has 1 aromatic carbocycles. The first-order chi connectivity index (χ1) is 8.69. The highest BCUT2D eigenvalue weighted by atomic mass is 35.5. The van der Waals surface area contributed by atoms with Crippen molar-refractivity contribution in [3.63, 3.8) is 0 Å². The van der Waals surface area contributed by atoms with Crippen molar-refractivity contribution in [2.24, 2.45) is 10.8 Å². The Hall–Kier alpha value is -0.770. The molecule has 3 nitrogen and oxygen atoms in total. The molecule has 0 heterocycles. The monoisotopic (exact) mass is 285 g/mol. The van der Waals surface area contributed by atoms with Crippen molar-refractivity contribution >= 4 is 29.0 Å². The zero-order chi connectivity index (χ0) is 13.0. The second-order valence-corrected chi connectivity index (χ2v) is 5.44. The van der Waals surface area contributed by atoms with Gasteiger partial charge in [0.15, 0.2) is 0 Å². The topological polar surface area (TPSA) is 50.4 Å². The maximum atomic E-state index is 5.99. The summed E-state index contributed by atoms with van der Waals surface area (Å²) in [6.07, 6.45) is 6.03. The number of hydrogen-bond acceptors (Lipinski definition) is 2. The molecule has 18 heavy (non-hydrogen) atoms. The SMILES string of the molecule is NNC(=NC1CCCCC1)c1cc(Cl)cc(Cl)c1. The Kier molecular flexibility index (Phi) is 4.87. The third-order valence-electron chi connectivity index (χ3n) is 3.16. The first kappa shape index (κ1) is 13.7. The minimum absolute atomic E-state index is 0.350. The molecule has 1 aromatic rings. The normalized spacial score (nSPS) is 17.8. The Morgan fingerprint density at radius 3 is 2.28 bits per heavy atom. The van der Waals surface area contributed by atoms with Crippen LogP contribution in [0.3, 0.4) is 0 Å². The Bertz CT molecular complexity index is 420. The molecule has 0 aromatic heterocycles. The molecule has 0 aliphatic heterocycles. The van der Waals surface area contributed by atoms with E-state index in [9.17, 15) is 0 Å². The van der Waals surface area contributed by atoms with E-state index in [1.165, 1.54) is 19.3 Å². The van der Waals surface area contributed by atoms with Crippen LogP contribution in [0.4, 0.5) is 0 Å². The summed E-state index contributed by atoms with van der Waals surface area (Å²) in [5.74, 6) is 6.21. The van der Waals surface area contributed by atoms with Gasteiger partial charge in [-0.05, 0) is 31.0 Å². The van der Waals surface area contributed by atoms with E-state index >= 15 is 0 Å². The van der Waals surface area contributed by atoms with Gasteiger partial charge in [0.1, 0.15) is 5.84 Å². The number of hydrogen-bond donors (Lipinski definition) is 2. The number of benzene rings is 1. The lowest BCUT2D eigenvalue weighted by molar-refractivity contribution is 0.442. The highest BCUT2D eigenvalue weighted by Gasteiger charge is 2.14. The fourth-order valence-corrected chi connectivity index (χ4v) is 2.80. The number of nitrogens with one attached hydrogen (secondary N) is 1. The number of rotatable bonds is 2. The van der Waals surface area contributed by atoms with Crippen molar-refractivity contribution < 1.29 is 0 Å². The summed E-state index contributed by atoms with van der Waals surface area (Å²) in [6, 6.07) is 5.67. The second-order valence-electron chi connectivity index (χ2n) is 4.57. The molecule has 0 bridgehead atoms. The molecule has 0 spiro atoms. The molecule has 0 unspecified atom stereocenters. The van der Waals surface area contributed by atoms with Crippen molar-refractivity contribution in [2.45, 2.75) is 38.1 Å². The van der Waals surface area contributed by atoms with Gasteiger partial charge in [-0.2, -0.15) is 0 Å². The number of halogens is 2. The van der Waals surface area contributed by atoms with Crippen LogP contribution in [0.5, 0.6) is 0 Å². The zero-order valence-corrected chi connectivity index (χ0v) is 11.6. The highest BCUT2D eigenvalue weighted by Crippen LogP contribution is 2.22. The quantitative estimate of drug-likeness (QED) is 0.378. The number of nitrogens with zero attached hydrogens (tertiary/aromatic N) is 1. The number of amidine groups is 1. The molecule has 1 fully saturated rings. The molecule has 1 aliphatic carbocycles. The van der Waals surface area contributed by atoms with Gasteiger partial charge in [0.25, 0.3) is 0 Å². The number of aliphatic imine (C=N–C) groups is 1. The number of hydrazine groups is 1. The van der Waals surface area contributed by atoms with E-state index < -0.39 is 0 Å². The van der Waals surface area contributed by atoms with E-state index in [0.29, 0.717) is 21.9 Å². The lowest BCUT2D eigenvalue weighted by Crippen LogP contribution is -2.32. The lowest BCUT2D eigenvalue weighted by atomic mass is 9.96. The summed E-state index contributed by atoms with van der Waals surface area (Å²) in [5.41, 5.74) is 3.49. The van der Waals surface area contributed by atoms with Crippen LogP contribution in [0.2, 0.25) is 10.0 Å². The molecular formula is C13H17Cl2N3. The third kappa shape index (κ3) is 3.61. The minimum atomic E-state index is 0.350. The zero-order valence-electron chi connectivity index (χ0n) is 10.1. The van der Waals surface area contributed by atoms with Gasteiger partial charge in [-0.1, -0.05) is 42.5 Å². The van der Waals surface area contributed by atoms with E-state index in [2.05, 4.69) is 10.4 Å². The molecule has 0 radical (unpaired) electrons. The van der Waals surface area contributed by atoms with Gasteiger partial charge < -0.3 is 5.43 Å². The van der Waals surface area contributed by atoms with E-state index in [1.807, 2.05) is 12.1 Å². The van der Waals surface area contributed by atoms with Crippen LogP contribution in [0, 0.1) is 0 Å². The van der Waals surface area contributed by atoms with Gasteiger partial charge in [-0.15, -0.1) is 0 Å². The Balaban J connectivity index is 2.23. The van der Waals surface area contributed by atoms with Crippen LogP contribution in [0.15, 0.2) is 23.2 Å². The number of nitrogens with two attached hydrogens (primary N) is 1. The molecule has 1 aliphatic rings. The van der Waals surface area contributed by atoms with Crippen LogP contribution in [0.25, 0.3) is 0 Å². The largest absolute Gasteiger partial charge is 0.308 e. The van der Waals surface area contributed by atoms with Crippen LogP contribution in [-0.4, -0.2) is 11.9 Å². The molecule has 0 atom stereocenters. The maximum Gasteiger partial charge on any atom is 0.142 e.